The number of carbonyl (C=O) groups excluding carboxylic acids is 1. The fraction of sp³-hybridized carbons (Fsp3) is 0.500. The number of ether oxygens (including phenoxy) is 1. The Bertz CT molecular complexity index is 515. The van der Waals surface area contributed by atoms with E-state index in [1.807, 2.05) is 0 Å². The number of hydrogen-bond acceptors (Lipinski definition) is 5. The highest BCUT2D eigenvalue weighted by atomic mass is 35.5. The van der Waals surface area contributed by atoms with Crippen molar-refractivity contribution in [2.24, 2.45) is 5.73 Å². The van der Waals surface area contributed by atoms with Crippen LogP contribution in [0.5, 0.6) is 0 Å². The Balaban J connectivity index is 0.00000242. The van der Waals surface area contributed by atoms with Crippen molar-refractivity contribution in [2.75, 3.05) is 19.8 Å². The second-order valence-corrected chi connectivity index (χ2v) is 5.20. The van der Waals surface area contributed by atoms with Crippen LogP contribution in [0.1, 0.15) is 18.4 Å². The molecule has 1 saturated heterocycles. The molecule has 0 aliphatic carbocycles. The zero-order valence-electron chi connectivity index (χ0n) is 12.1. The standard InChI is InChI=1S/C14H19N3O4.ClH/c15-14(6-9-21-10-7-14)13(18)16-8-5-11-1-3-12(4-2-11)17(19)20;/h1-4H,5-10,15H2,(H,16,18);1H. The number of hydrogen-bond donors (Lipinski definition) is 2. The molecule has 1 aromatic carbocycles. The zero-order valence-corrected chi connectivity index (χ0v) is 12.9. The first kappa shape index (κ1) is 18.3. The molecule has 2 rings (SSSR count). The Morgan fingerprint density at radius 1 is 1.32 bits per heavy atom. The number of benzene rings is 1. The maximum absolute atomic E-state index is 12.1. The third-order valence-corrected chi connectivity index (χ3v) is 3.68. The van der Waals surface area contributed by atoms with Crippen molar-refractivity contribution in [3.8, 4) is 0 Å². The number of halogens is 1. The summed E-state index contributed by atoms with van der Waals surface area (Å²) in [5.74, 6) is -0.160. The van der Waals surface area contributed by atoms with Crippen LogP contribution in [-0.2, 0) is 16.0 Å². The molecular formula is C14H20ClN3O4. The summed E-state index contributed by atoms with van der Waals surface area (Å²) in [6.45, 7) is 1.47. The molecule has 3 N–H and O–H groups in total. The largest absolute Gasteiger partial charge is 0.381 e. The summed E-state index contributed by atoms with van der Waals surface area (Å²) in [6, 6.07) is 6.30. The number of nitrogens with one attached hydrogen (secondary N) is 1. The molecule has 1 fully saturated rings. The number of nitro benzene ring substituents is 1. The monoisotopic (exact) mass is 329 g/mol. The minimum Gasteiger partial charge on any atom is -0.381 e. The Labute approximate surface area is 134 Å². The number of non-ortho nitro benzene ring substituents is 1. The number of nitrogens with zero attached hydrogens (tertiary/aromatic N) is 1. The van der Waals surface area contributed by atoms with Crippen LogP contribution in [-0.4, -0.2) is 36.1 Å². The van der Waals surface area contributed by atoms with Crippen molar-refractivity contribution in [3.63, 3.8) is 0 Å². The van der Waals surface area contributed by atoms with Crippen LogP contribution in [0, 0.1) is 10.1 Å². The average Bonchev–Trinajstić information content (AvgIpc) is 2.48. The quantitative estimate of drug-likeness (QED) is 0.623. The van der Waals surface area contributed by atoms with Crippen molar-refractivity contribution in [2.45, 2.75) is 24.8 Å². The van der Waals surface area contributed by atoms with Crippen LogP contribution < -0.4 is 11.1 Å². The molecule has 0 atom stereocenters. The Hall–Kier alpha value is -1.70. The summed E-state index contributed by atoms with van der Waals surface area (Å²) in [5, 5.41) is 13.4. The highest BCUT2D eigenvalue weighted by Crippen LogP contribution is 2.17. The lowest BCUT2D eigenvalue weighted by Crippen LogP contribution is -2.57. The van der Waals surface area contributed by atoms with Gasteiger partial charge in [0.15, 0.2) is 0 Å². The molecule has 7 nitrogen and oxygen atoms in total. The molecule has 0 bridgehead atoms. The minimum atomic E-state index is -0.840. The van der Waals surface area contributed by atoms with Gasteiger partial charge >= 0.3 is 0 Å². The molecule has 122 valence electrons. The fourth-order valence-electron chi connectivity index (χ4n) is 2.24. The summed E-state index contributed by atoms with van der Waals surface area (Å²) < 4.78 is 5.20. The number of nitrogens with two attached hydrogens (primary N) is 1. The van der Waals surface area contributed by atoms with Gasteiger partial charge in [-0.3, -0.25) is 14.9 Å². The molecule has 0 spiro atoms. The minimum absolute atomic E-state index is 0. The van der Waals surface area contributed by atoms with Crippen LogP contribution in [0.25, 0.3) is 0 Å². The van der Waals surface area contributed by atoms with Crippen molar-refractivity contribution < 1.29 is 14.5 Å². The molecule has 1 heterocycles. The first-order valence-electron chi connectivity index (χ1n) is 6.89. The zero-order chi connectivity index (χ0) is 15.3. The van der Waals surface area contributed by atoms with Crippen LogP contribution in [0.2, 0.25) is 0 Å². The van der Waals surface area contributed by atoms with Crippen LogP contribution in [0.15, 0.2) is 24.3 Å². The van der Waals surface area contributed by atoms with Crippen LogP contribution in [0.4, 0.5) is 5.69 Å². The molecule has 0 aromatic heterocycles. The molecule has 0 saturated carbocycles. The second kappa shape index (κ2) is 8.07. The summed E-state index contributed by atoms with van der Waals surface area (Å²) in [6.07, 6.45) is 1.66. The van der Waals surface area contributed by atoms with Gasteiger partial charge in [-0.1, -0.05) is 12.1 Å². The van der Waals surface area contributed by atoms with E-state index in [0.29, 0.717) is 39.0 Å². The number of amides is 1. The summed E-state index contributed by atoms with van der Waals surface area (Å²) in [5.41, 5.74) is 6.22. The summed E-state index contributed by atoms with van der Waals surface area (Å²) in [7, 11) is 0. The van der Waals surface area contributed by atoms with Crippen LogP contribution in [0.3, 0.4) is 0 Å². The lowest BCUT2D eigenvalue weighted by atomic mass is 9.90. The van der Waals surface area contributed by atoms with Gasteiger partial charge in [-0.25, -0.2) is 0 Å². The van der Waals surface area contributed by atoms with E-state index >= 15 is 0 Å². The van der Waals surface area contributed by atoms with Crippen molar-refractivity contribution in [1.29, 1.82) is 0 Å². The van der Waals surface area contributed by atoms with Crippen molar-refractivity contribution >= 4 is 24.0 Å². The normalized spacial score (nSPS) is 16.4. The summed E-state index contributed by atoms with van der Waals surface area (Å²) in [4.78, 5) is 22.2. The first-order valence-corrected chi connectivity index (χ1v) is 6.89. The van der Waals surface area contributed by atoms with E-state index in [9.17, 15) is 14.9 Å². The number of nitro groups is 1. The van der Waals surface area contributed by atoms with Gasteiger partial charge < -0.3 is 15.8 Å². The molecule has 0 radical (unpaired) electrons. The average molecular weight is 330 g/mol. The van der Waals surface area contributed by atoms with Crippen LogP contribution >= 0.6 is 12.4 Å². The smallest absolute Gasteiger partial charge is 0.269 e. The van der Waals surface area contributed by atoms with Gasteiger partial charge in [0.1, 0.15) is 0 Å². The predicted molar refractivity (Wildman–Crippen MR) is 84.0 cm³/mol. The van der Waals surface area contributed by atoms with Crippen molar-refractivity contribution in [1.82, 2.24) is 5.32 Å². The molecule has 1 aromatic rings. The maximum Gasteiger partial charge on any atom is 0.269 e. The molecule has 22 heavy (non-hydrogen) atoms. The van der Waals surface area contributed by atoms with E-state index in [1.54, 1.807) is 12.1 Å². The molecule has 1 amide bonds. The molecular weight excluding hydrogens is 310 g/mol. The highest BCUT2D eigenvalue weighted by molar-refractivity contribution is 5.86. The Morgan fingerprint density at radius 3 is 2.45 bits per heavy atom. The third-order valence-electron chi connectivity index (χ3n) is 3.68. The first-order chi connectivity index (χ1) is 10.0. The molecule has 0 unspecified atom stereocenters. The Morgan fingerprint density at radius 2 is 1.91 bits per heavy atom. The summed E-state index contributed by atoms with van der Waals surface area (Å²) >= 11 is 0. The Kier molecular flexibility index (Phi) is 6.73. The predicted octanol–water partition coefficient (Wildman–Crippen LogP) is 1.18. The molecule has 8 heteroatoms. The van der Waals surface area contributed by atoms with Gasteiger partial charge in [0, 0.05) is 31.9 Å². The fourth-order valence-corrected chi connectivity index (χ4v) is 2.24. The lowest BCUT2D eigenvalue weighted by molar-refractivity contribution is -0.384. The molecule has 1 aliphatic rings. The van der Waals surface area contributed by atoms with Gasteiger partial charge in [-0.15, -0.1) is 12.4 Å². The van der Waals surface area contributed by atoms with Gasteiger partial charge in [-0.2, -0.15) is 0 Å². The van der Waals surface area contributed by atoms with E-state index in [2.05, 4.69) is 5.32 Å². The van der Waals surface area contributed by atoms with Crippen molar-refractivity contribution in [3.05, 3.63) is 39.9 Å². The van der Waals surface area contributed by atoms with Gasteiger partial charge in [0.25, 0.3) is 5.69 Å². The number of rotatable bonds is 5. The SMILES string of the molecule is Cl.NC1(C(=O)NCCc2ccc([N+](=O)[O-])cc2)CCOCC1. The van der Waals surface area contributed by atoms with Gasteiger partial charge in [0.2, 0.25) is 5.91 Å². The topological polar surface area (TPSA) is 107 Å². The van der Waals surface area contributed by atoms with Gasteiger partial charge in [-0.05, 0) is 24.8 Å². The number of carbonyl (C=O) groups is 1. The highest BCUT2D eigenvalue weighted by Gasteiger charge is 2.35. The maximum atomic E-state index is 12.1. The van der Waals surface area contributed by atoms with E-state index < -0.39 is 10.5 Å². The lowest BCUT2D eigenvalue weighted by Gasteiger charge is -2.31. The van der Waals surface area contributed by atoms with Gasteiger partial charge in [0.05, 0.1) is 10.5 Å². The third kappa shape index (κ3) is 4.66. The second-order valence-electron chi connectivity index (χ2n) is 5.20. The van der Waals surface area contributed by atoms with E-state index in [0.717, 1.165) is 5.56 Å². The van der Waals surface area contributed by atoms with E-state index in [4.69, 9.17) is 10.5 Å². The molecule has 1 aliphatic heterocycles. The van der Waals surface area contributed by atoms with E-state index in [1.165, 1.54) is 12.1 Å². The van der Waals surface area contributed by atoms with E-state index in [-0.39, 0.29) is 24.0 Å².